The molecule has 0 aliphatic carbocycles. The molecule has 0 aliphatic rings. The highest BCUT2D eigenvalue weighted by atomic mass is 19.1. The maximum atomic E-state index is 13.1. The van der Waals surface area contributed by atoms with E-state index < -0.39 is 0 Å². The molecular weight excluding hydrogens is 255 g/mol. The van der Waals surface area contributed by atoms with Crippen molar-refractivity contribution in [2.75, 3.05) is 0 Å². The molecule has 2 aromatic heterocycles. The number of fused-ring (bicyclic) bond motifs is 1. The van der Waals surface area contributed by atoms with Crippen LogP contribution < -0.4 is 0 Å². The van der Waals surface area contributed by atoms with E-state index in [4.69, 9.17) is 0 Å². The molecule has 0 unspecified atom stereocenters. The molecule has 0 saturated heterocycles. The van der Waals surface area contributed by atoms with Gasteiger partial charge in [0.25, 0.3) is 0 Å². The Bertz CT molecular complexity index is 747. The number of aryl methyl sites for hydroxylation is 1. The average molecular weight is 270 g/mol. The average Bonchev–Trinajstić information content (AvgIpc) is 2.94. The van der Waals surface area contributed by atoms with Crippen LogP contribution in [0.3, 0.4) is 0 Å². The van der Waals surface area contributed by atoms with Crippen molar-refractivity contribution in [3.8, 4) is 11.3 Å². The number of benzene rings is 1. The lowest BCUT2D eigenvalue weighted by Crippen LogP contribution is -2.05. The molecule has 4 heteroatoms. The van der Waals surface area contributed by atoms with Gasteiger partial charge in [-0.2, -0.15) is 5.10 Å². The smallest absolute Gasteiger partial charge is 0.123 e. The van der Waals surface area contributed by atoms with Crippen LogP contribution in [0.1, 0.15) is 18.1 Å². The molecule has 3 rings (SSSR count). The quantitative estimate of drug-likeness (QED) is 0.793. The first-order valence-corrected chi connectivity index (χ1v) is 6.60. The Hall–Kier alpha value is -2.20. The van der Waals surface area contributed by atoms with E-state index in [1.165, 1.54) is 12.1 Å². The van der Waals surface area contributed by atoms with E-state index in [2.05, 4.69) is 12.0 Å². The number of aromatic nitrogens is 2. The lowest BCUT2D eigenvalue weighted by molar-refractivity contribution is 0.280. The number of hydrogen-bond acceptors (Lipinski definition) is 2. The Kier molecular flexibility index (Phi) is 3.24. The number of aliphatic hydroxyl groups is 1. The molecule has 3 aromatic rings. The molecule has 1 N–H and O–H groups in total. The molecule has 0 atom stereocenters. The van der Waals surface area contributed by atoms with Crippen molar-refractivity contribution in [3.63, 3.8) is 0 Å². The lowest BCUT2D eigenvalue weighted by atomic mass is 10.00. The van der Waals surface area contributed by atoms with E-state index in [0.29, 0.717) is 5.69 Å². The van der Waals surface area contributed by atoms with Gasteiger partial charge in [0, 0.05) is 17.3 Å². The third-order valence-electron chi connectivity index (χ3n) is 3.52. The van der Waals surface area contributed by atoms with Crippen molar-refractivity contribution >= 4 is 5.52 Å². The third kappa shape index (κ3) is 1.98. The van der Waals surface area contributed by atoms with Crippen molar-refractivity contribution in [3.05, 3.63) is 59.5 Å². The standard InChI is InChI=1S/C16H15FN2O/c1-2-13-14(10-20)16(11-5-7-12(17)8-6-11)18-19-9-3-4-15(13)19/h3-9,20H,2,10H2,1H3. The summed E-state index contributed by atoms with van der Waals surface area (Å²) in [6.45, 7) is 1.97. The van der Waals surface area contributed by atoms with Crippen LogP contribution in [0, 0.1) is 5.82 Å². The Balaban J connectivity index is 2.31. The zero-order valence-electron chi connectivity index (χ0n) is 11.2. The van der Waals surface area contributed by atoms with Crippen LogP contribution >= 0.6 is 0 Å². The fraction of sp³-hybridized carbons (Fsp3) is 0.188. The second kappa shape index (κ2) is 5.06. The van der Waals surface area contributed by atoms with Crippen LogP contribution in [0.25, 0.3) is 16.8 Å². The zero-order valence-corrected chi connectivity index (χ0v) is 11.2. The van der Waals surface area contributed by atoms with Crippen molar-refractivity contribution in [2.24, 2.45) is 0 Å². The Labute approximate surface area is 116 Å². The van der Waals surface area contributed by atoms with Gasteiger partial charge in [-0.1, -0.05) is 6.92 Å². The minimum absolute atomic E-state index is 0.0788. The highest BCUT2D eigenvalue weighted by molar-refractivity contribution is 5.70. The van der Waals surface area contributed by atoms with Gasteiger partial charge in [-0.3, -0.25) is 0 Å². The van der Waals surface area contributed by atoms with Crippen molar-refractivity contribution in [1.82, 2.24) is 9.61 Å². The van der Waals surface area contributed by atoms with Crippen LogP contribution in [-0.4, -0.2) is 14.7 Å². The maximum Gasteiger partial charge on any atom is 0.123 e. The summed E-state index contributed by atoms with van der Waals surface area (Å²) in [5.41, 5.74) is 4.40. The molecule has 0 aliphatic heterocycles. The van der Waals surface area contributed by atoms with Gasteiger partial charge in [-0.05, 0) is 48.4 Å². The van der Waals surface area contributed by atoms with Crippen LogP contribution in [0.2, 0.25) is 0 Å². The molecular formula is C16H15FN2O. The van der Waals surface area contributed by atoms with E-state index in [-0.39, 0.29) is 12.4 Å². The summed E-state index contributed by atoms with van der Waals surface area (Å²) in [6.07, 6.45) is 2.68. The largest absolute Gasteiger partial charge is 0.392 e. The van der Waals surface area contributed by atoms with Gasteiger partial charge in [0.15, 0.2) is 0 Å². The van der Waals surface area contributed by atoms with Crippen molar-refractivity contribution in [1.29, 1.82) is 0 Å². The number of halogens is 1. The first-order chi connectivity index (χ1) is 9.74. The minimum atomic E-state index is -0.281. The molecule has 1 aromatic carbocycles. The predicted octanol–water partition coefficient (Wildman–Crippen LogP) is 3.20. The second-order valence-corrected chi connectivity index (χ2v) is 4.66. The fourth-order valence-corrected chi connectivity index (χ4v) is 2.57. The molecule has 3 nitrogen and oxygen atoms in total. The highest BCUT2D eigenvalue weighted by Gasteiger charge is 2.14. The van der Waals surface area contributed by atoms with Gasteiger partial charge >= 0.3 is 0 Å². The first kappa shape index (κ1) is 12.8. The van der Waals surface area contributed by atoms with Gasteiger partial charge in [0.1, 0.15) is 5.82 Å². The molecule has 0 spiro atoms. The number of nitrogens with zero attached hydrogens (tertiary/aromatic N) is 2. The maximum absolute atomic E-state index is 13.1. The monoisotopic (exact) mass is 270 g/mol. The fourth-order valence-electron chi connectivity index (χ4n) is 2.57. The van der Waals surface area contributed by atoms with Gasteiger partial charge in [0.05, 0.1) is 17.8 Å². The van der Waals surface area contributed by atoms with E-state index in [1.54, 1.807) is 16.6 Å². The Morgan fingerprint density at radius 2 is 1.90 bits per heavy atom. The van der Waals surface area contributed by atoms with E-state index in [9.17, 15) is 9.50 Å². The number of aliphatic hydroxyl groups excluding tert-OH is 1. The van der Waals surface area contributed by atoms with Crippen molar-refractivity contribution in [2.45, 2.75) is 20.0 Å². The summed E-state index contributed by atoms with van der Waals surface area (Å²) in [6, 6.07) is 10.1. The van der Waals surface area contributed by atoms with E-state index in [0.717, 1.165) is 28.6 Å². The second-order valence-electron chi connectivity index (χ2n) is 4.66. The summed E-state index contributed by atoms with van der Waals surface area (Å²) < 4.78 is 14.9. The van der Waals surface area contributed by atoms with Gasteiger partial charge in [-0.25, -0.2) is 8.91 Å². The third-order valence-corrected chi connectivity index (χ3v) is 3.52. The van der Waals surface area contributed by atoms with Crippen LogP contribution in [0.15, 0.2) is 42.6 Å². The molecule has 102 valence electrons. The summed E-state index contributed by atoms with van der Waals surface area (Å²) in [7, 11) is 0. The minimum Gasteiger partial charge on any atom is -0.392 e. The predicted molar refractivity (Wildman–Crippen MR) is 75.9 cm³/mol. The van der Waals surface area contributed by atoms with Crippen molar-refractivity contribution < 1.29 is 9.50 Å². The van der Waals surface area contributed by atoms with Gasteiger partial charge in [0.2, 0.25) is 0 Å². The molecule has 2 heterocycles. The normalized spacial score (nSPS) is 11.2. The molecule has 0 amide bonds. The summed E-state index contributed by atoms with van der Waals surface area (Å²) >= 11 is 0. The lowest BCUT2D eigenvalue weighted by Gasteiger charge is -2.13. The summed E-state index contributed by atoms with van der Waals surface area (Å²) in [4.78, 5) is 0. The highest BCUT2D eigenvalue weighted by Crippen LogP contribution is 2.27. The SMILES string of the molecule is CCc1c(CO)c(-c2ccc(F)cc2)nn2cccc12. The summed E-state index contributed by atoms with van der Waals surface area (Å²) in [5, 5.41) is 14.3. The zero-order chi connectivity index (χ0) is 14.1. The molecule has 0 radical (unpaired) electrons. The van der Waals surface area contributed by atoms with E-state index in [1.807, 2.05) is 18.3 Å². The molecule has 0 saturated carbocycles. The molecule has 0 fully saturated rings. The molecule has 20 heavy (non-hydrogen) atoms. The van der Waals surface area contributed by atoms with Gasteiger partial charge in [-0.15, -0.1) is 0 Å². The Morgan fingerprint density at radius 1 is 1.15 bits per heavy atom. The van der Waals surface area contributed by atoms with Gasteiger partial charge < -0.3 is 5.11 Å². The van der Waals surface area contributed by atoms with E-state index >= 15 is 0 Å². The summed E-state index contributed by atoms with van der Waals surface area (Å²) in [5.74, 6) is -0.281. The number of rotatable bonds is 3. The molecule has 0 bridgehead atoms. The first-order valence-electron chi connectivity index (χ1n) is 6.60. The topological polar surface area (TPSA) is 37.5 Å². The Morgan fingerprint density at radius 3 is 2.55 bits per heavy atom. The van der Waals surface area contributed by atoms with Crippen LogP contribution in [0.5, 0.6) is 0 Å². The number of hydrogen-bond donors (Lipinski definition) is 1. The van der Waals surface area contributed by atoms with Crippen LogP contribution in [-0.2, 0) is 13.0 Å². The van der Waals surface area contributed by atoms with Crippen LogP contribution in [0.4, 0.5) is 4.39 Å².